The number of rotatable bonds is 9. The third-order valence-electron chi connectivity index (χ3n) is 6.41. The molecule has 0 saturated carbocycles. The zero-order valence-electron chi connectivity index (χ0n) is 24.1. The Hall–Kier alpha value is -5.11. The van der Waals surface area contributed by atoms with Crippen molar-refractivity contribution < 1.29 is 19.0 Å². The molecule has 0 spiro atoms. The van der Waals surface area contributed by atoms with Crippen molar-refractivity contribution in [2.75, 3.05) is 0 Å². The summed E-state index contributed by atoms with van der Waals surface area (Å²) in [5, 5.41) is 0. The molecule has 0 unspecified atom stereocenters. The zero-order valence-corrected chi connectivity index (χ0v) is 24.1. The van der Waals surface area contributed by atoms with E-state index in [2.05, 4.69) is 4.98 Å². The summed E-state index contributed by atoms with van der Waals surface area (Å²) in [5.41, 5.74) is 3.53. The largest absolute Gasteiger partial charge is 0.473 e. The molecule has 0 aliphatic carbocycles. The van der Waals surface area contributed by atoms with Crippen LogP contribution < -0.4 is 15.2 Å². The van der Waals surface area contributed by atoms with Gasteiger partial charge in [-0.25, -0.2) is 9.59 Å². The summed E-state index contributed by atoms with van der Waals surface area (Å²) in [6.45, 7) is 6.03. The standard InChI is InChI=1S/C34H33N3O5/c1-34(2,3)42-30(38)21-18-26-16-11-17-27-31(26)36(4)33(39)37(27)28-19-20-29(40-22-24-12-7-5-8-13-24)35-32(28)41-23-25-14-9-6-10-15-25/h5-21H,22-23H2,1-4H3/b21-18+. The van der Waals surface area contributed by atoms with Crippen LogP contribution in [0.15, 0.2) is 102 Å². The van der Waals surface area contributed by atoms with Crippen LogP contribution in [-0.2, 0) is 29.8 Å². The van der Waals surface area contributed by atoms with Crippen LogP contribution in [0.3, 0.4) is 0 Å². The molecular formula is C34H33N3O5. The van der Waals surface area contributed by atoms with Gasteiger partial charge < -0.3 is 14.2 Å². The highest BCUT2D eigenvalue weighted by Gasteiger charge is 2.20. The number of ether oxygens (including phenoxy) is 3. The normalized spacial score (nSPS) is 11.6. The van der Waals surface area contributed by atoms with Gasteiger partial charge in [0.15, 0.2) is 0 Å². The number of nitrogens with zero attached hydrogens (tertiary/aromatic N) is 3. The highest BCUT2D eigenvalue weighted by atomic mass is 16.6. The Morgan fingerprint density at radius 2 is 1.48 bits per heavy atom. The molecule has 0 radical (unpaired) electrons. The number of carbonyl (C=O) groups excluding carboxylic acids is 1. The second kappa shape index (κ2) is 12.2. The summed E-state index contributed by atoms with van der Waals surface area (Å²) in [7, 11) is 1.70. The topological polar surface area (TPSA) is 84.6 Å². The summed E-state index contributed by atoms with van der Waals surface area (Å²) in [4.78, 5) is 30.7. The number of aryl methyl sites for hydroxylation is 1. The number of hydrogen-bond donors (Lipinski definition) is 0. The first-order chi connectivity index (χ1) is 20.2. The van der Waals surface area contributed by atoms with E-state index in [9.17, 15) is 9.59 Å². The van der Waals surface area contributed by atoms with E-state index in [-0.39, 0.29) is 18.2 Å². The molecule has 8 nitrogen and oxygen atoms in total. The van der Waals surface area contributed by atoms with Crippen LogP contribution in [0.5, 0.6) is 11.8 Å². The first-order valence-electron chi connectivity index (χ1n) is 13.7. The number of hydrogen-bond acceptors (Lipinski definition) is 6. The molecule has 8 heteroatoms. The maximum atomic E-state index is 13.7. The molecule has 0 saturated heterocycles. The van der Waals surface area contributed by atoms with Crippen LogP contribution >= 0.6 is 0 Å². The fraction of sp³-hybridized carbons (Fsp3) is 0.206. The molecule has 0 aliphatic rings. The first-order valence-corrected chi connectivity index (χ1v) is 13.7. The lowest BCUT2D eigenvalue weighted by Gasteiger charge is -2.17. The van der Waals surface area contributed by atoms with Gasteiger partial charge in [-0.15, -0.1) is 0 Å². The van der Waals surface area contributed by atoms with Gasteiger partial charge in [0.05, 0.1) is 11.0 Å². The Bertz CT molecular complexity index is 1780. The molecule has 214 valence electrons. The van der Waals surface area contributed by atoms with E-state index in [0.717, 1.165) is 11.1 Å². The second-order valence-electron chi connectivity index (χ2n) is 10.8. The van der Waals surface area contributed by atoms with Crippen molar-refractivity contribution >= 4 is 23.1 Å². The van der Waals surface area contributed by atoms with Gasteiger partial charge in [0.1, 0.15) is 24.5 Å². The third kappa shape index (κ3) is 6.61. The van der Waals surface area contributed by atoms with Crippen molar-refractivity contribution in [3.8, 4) is 17.4 Å². The SMILES string of the molecule is Cn1c(=O)n(-c2ccc(OCc3ccccc3)nc2OCc2ccccc2)c2cccc(/C=C/C(=O)OC(C)(C)C)c21. The average molecular weight is 564 g/mol. The minimum atomic E-state index is -0.607. The van der Waals surface area contributed by atoms with Gasteiger partial charge in [0.2, 0.25) is 11.8 Å². The molecule has 5 aromatic rings. The fourth-order valence-corrected chi connectivity index (χ4v) is 4.53. The molecule has 0 bridgehead atoms. The van der Waals surface area contributed by atoms with Crippen molar-refractivity contribution in [2.24, 2.45) is 7.05 Å². The molecule has 5 rings (SSSR count). The monoisotopic (exact) mass is 563 g/mol. The van der Waals surface area contributed by atoms with Gasteiger partial charge in [-0.2, -0.15) is 4.98 Å². The van der Waals surface area contributed by atoms with Crippen molar-refractivity contribution in [1.82, 2.24) is 14.1 Å². The Morgan fingerprint density at radius 1 is 0.833 bits per heavy atom. The summed E-state index contributed by atoms with van der Waals surface area (Å²) < 4.78 is 20.7. The van der Waals surface area contributed by atoms with Crippen molar-refractivity contribution in [2.45, 2.75) is 39.6 Å². The molecule has 0 aliphatic heterocycles. The van der Waals surface area contributed by atoms with E-state index in [4.69, 9.17) is 14.2 Å². The zero-order chi connectivity index (χ0) is 29.7. The Kier molecular flexibility index (Phi) is 8.24. The fourth-order valence-electron chi connectivity index (χ4n) is 4.53. The molecule has 2 aromatic heterocycles. The highest BCUT2D eigenvalue weighted by Crippen LogP contribution is 2.29. The van der Waals surface area contributed by atoms with Crippen molar-refractivity contribution in [3.05, 3.63) is 124 Å². The van der Waals surface area contributed by atoms with E-state index in [1.165, 1.54) is 6.08 Å². The number of imidazole rings is 1. The van der Waals surface area contributed by atoms with E-state index < -0.39 is 11.6 Å². The number of aromatic nitrogens is 3. The minimum absolute atomic E-state index is 0.256. The van der Waals surface area contributed by atoms with Gasteiger partial charge in [-0.1, -0.05) is 72.8 Å². The average Bonchev–Trinajstić information content (AvgIpc) is 3.24. The Labute approximate surface area is 244 Å². The molecule has 2 heterocycles. The summed E-state index contributed by atoms with van der Waals surface area (Å²) in [6, 6.07) is 28.6. The van der Waals surface area contributed by atoms with Gasteiger partial charge in [-0.3, -0.25) is 9.13 Å². The number of pyridine rings is 1. The highest BCUT2D eigenvalue weighted by molar-refractivity contribution is 5.93. The molecule has 0 atom stereocenters. The smallest absolute Gasteiger partial charge is 0.333 e. The van der Waals surface area contributed by atoms with Crippen LogP contribution in [0.1, 0.15) is 37.5 Å². The van der Waals surface area contributed by atoms with Gasteiger partial charge in [0.25, 0.3) is 0 Å². The molecular weight excluding hydrogens is 530 g/mol. The van der Waals surface area contributed by atoms with Crippen LogP contribution in [0.4, 0.5) is 0 Å². The van der Waals surface area contributed by atoms with Gasteiger partial charge in [0, 0.05) is 24.8 Å². The van der Waals surface area contributed by atoms with Crippen LogP contribution in [-0.4, -0.2) is 25.7 Å². The lowest BCUT2D eigenvalue weighted by Crippen LogP contribution is -2.22. The predicted octanol–water partition coefficient (Wildman–Crippen LogP) is 6.24. The molecule has 0 amide bonds. The summed E-state index contributed by atoms with van der Waals surface area (Å²) >= 11 is 0. The molecule has 3 aromatic carbocycles. The van der Waals surface area contributed by atoms with Crippen molar-refractivity contribution in [3.63, 3.8) is 0 Å². The van der Waals surface area contributed by atoms with Crippen LogP contribution in [0, 0.1) is 0 Å². The molecule has 0 N–H and O–H groups in total. The summed E-state index contributed by atoms with van der Waals surface area (Å²) in [5.74, 6) is 0.171. The lowest BCUT2D eigenvalue weighted by molar-refractivity contribution is -0.148. The third-order valence-corrected chi connectivity index (χ3v) is 6.41. The Morgan fingerprint density at radius 3 is 2.12 bits per heavy atom. The first kappa shape index (κ1) is 28.4. The Balaban J connectivity index is 1.54. The van der Waals surface area contributed by atoms with E-state index in [1.807, 2.05) is 99.6 Å². The molecule has 42 heavy (non-hydrogen) atoms. The van der Waals surface area contributed by atoms with E-state index in [1.54, 1.807) is 34.4 Å². The van der Waals surface area contributed by atoms with Crippen LogP contribution in [0.25, 0.3) is 22.8 Å². The van der Waals surface area contributed by atoms with Crippen molar-refractivity contribution in [1.29, 1.82) is 0 Å². The van der Waals surface area contributed by atoms with E-state index in [0.29, 0.717) is 34.8 Å². The predicted molar refractivity (Wildman–Crippen MR) is 163 cm³/mol. The number of fused-ring (bicyclic) bond motifs is 1. The number of esters is 1. The summed E-state index contributed by atoms with van der Waals surface area (Å²) in [6.07, 6.45) is 3.03. The maximum absolute atomic E-state index is 13.7. The number of para-hydroxylation sites is 1. The van der Waals surface area contributed by atoms with Gasteiger partial charge in [-0.05, 0) is 50.1 Å². The number of carbonyl (C=O) groups is 1. The minimum Gasteiger partial charge on any atom is -0.473 e. The maximum Gasteiger partial charge on any atom is 0.333 e. The quantitative estimate of drug-likeness (QED) is 0.156. The van der Waals surface area contributed by atoms with Gasteiger partial charge >= 0.3 is 11.7 Å². The van der Waals surface area contributed by atoms with E-state index >= 15 is 0 Å². The molecule has 0 fully saturated rings. The second-order valence-corrected chi connectivity index (χ2v) is 10.8. The van der Waals surface area contributed by atoms with Crippen LogP contribution in [0.2, 0.25) is 0 Å². The lowest BCUT2D eigenvalue weighted by atomic mass is 10.1. The number of benzene rings is 3.